The van der Waals surface area contributed by atoms with E-state index in [2.05, 4.69) is 19.1 Å². The first-order valence-electron chi connectivity index (χ1n) is 8.17. The second-order valence-corrected chi connectivity index (χ2v) is 6.86. The summed E-state index contributed by atoms with van der Waals surface area (Å²) in [6.45, 7) is 2.22. The van der Waals surface area contributed by atoms with Gasteiger partial charge in [0.25, 0.3) is 0 Å². The van der Waals surface area contributed by atoms with Crippen molar-refractivity contribution in [2.75, 3.05) is 0 Å². The summed E-state index contributed by atoms with van der Waals surface area (Å²) in [7, 11) is 0. The Labute approximate surface area is 125 Å². The highest BCUT2D eigenvalue weighted by atomic mass is 16.6. The van der Waals surface area contributed by atoms with Crippen molar-refractivity contribution in [1.29, 1.82) is 0 Å². The molecule has 2 saturated carbocycles. The van der Waals surface area contributed by atoms with Gasteiger partial charge in [0.1, 0.15) is 12.0 Å². The number of esters is 1. The summed E-state index contributed by atoms with van der Waals surface area (Å²) < 4.78 is 5.82. The van der Waals surface area contributed by atoms with Crippen molar-refractivity contribution in [2.24, 2.45) is 23.7 Å². The summed E-state index contributed by atoms with van der Waals surface area (Å²) in [5.74, 6) is 0.434. The minimum atomic E-state index is -1.10. The first-order valence-corrected chi connectivity index (χ1v) is 8.17. The quantitative estimate of drug-likeness (QED) is 0.480. The largest absolute Gasteiger partial charge is 0.481 e. The first kappa shape index (κ1) is 14.6. The summed E-state index contributed by atoms with van der Waals surface area (Å²) in [4.78, 5) is 22.7. The molecule has 0 saturated heterocycles. The molecule has 0 aliphatic heterocycles. The molecule has 3 rings (SSSR count). The van der Waals surface area contributed by atoms with Gasteiger partial charge in [0.15, 0.2) is 0 Å². The maximum Gasteiger partial charge on any atom is 0.317 e. The molecule has 21 heavy (non-hydrogen) atoms. The average Bonchev–Trinajstić information content (AvgIpc) is 3.11. The third kappa shape index (κ3) is 2.49. The van der Waals surface area contributed by atoms with Crippen LogP contribution in [0.5, 0.6) is 0 Å². The fourth-order valence-electron chi connectivity index (χ4n) is 5.12. The molecular weight excluding hydrogens is 268 g/mol. The Morgan fingerprint density at radius 1 is 1.24 bits per heavy atom. The number of carboxylic acids is 1. The zero-order chi connectivity index (χ0) is 15.0. The molecular formula is C17H24O4. The molecule has 4 nitrogen and oxygen atoms in total. The number of carbonyl (C=O) groups is 2. The zero-order valence-corrected chi connectivity index (χ0v) is 12.6. The topological polar surface area (TPSA) is 63.6 Å². The van der Waals surface area contributed by atoms with E-state index in [4.69, 9.17) is 9.84 Å². The van der Waals surface area contributed by atoms with Gasteiger partial charge in [-0.1, -0.05) is 25.5 Å². The molecule has 0 spiro atoms. The highest BCUT2D eigenvalue weighted by Gasteiger charge is 2.56. The molecule has 1 N–H and O–H groups in total. The molecule has 3 aliphatic carbocycles. The molecule has 3 aliphatic rings. The lowest BCUT2D eigenvalue weighted by Crippen LogP contribution is -2.45. The zero-order valence-electron chi connectivity index (χ0n) is 12.6. The van der Waals surface area contributed by atoms with E-state index in [1.807, 2.05) is 0 Å². The lowest BCUT2D eigenvalue weighted by molar-refractivity contribution is -0.172. The van der Waals surface area contributed by atoms with Crippen LogP contribution in [0.15, 0.2) is 12.2 Å². The molecule has 0 aromatic heterocycles. The van der Waals surface area contributed by atoms with Crippen molar-refractivity contribution >= 4 is 11.9 Å². The lowest BCUT2D eigenvalue weighted by Gasteiger charge is -2.42. The van der Waals surface area contributed by atoms with Crippen LogP contribution >= 0.6 is 0 Å². The second kappa shape index (κ2) is 5.47. The highest BCUT2D eigenvalue weighted by Crippen LogP contribution is 2.58. The summed E-state index contributed by atoms with van der Waals surface area (Å²) in [5.41, 5.74) is -0.405. The Kier molecular flexibility index (Phi) is 3.80. The fourth-order valence-corrected chi connectivity index (χ4v) is 5.12. The normalized spacial score (nSPS) is 36.0. The van der Waals surface area contributed by atoms with Crippen LogP contribution in [0.3, 0.4) is 0 Å². The minimum absolute atomic E-state index is 0.387. The van der Waals surface area contributed by atoms with Gasteiger partial charge >= 0.3 is 11.9 Å². The third-order valence-corrected chi connectivity index (χ3v) is 5.76. The van der Waals surface area contributed by atoms with Crippen molar-refractivity contribution in [3.05, 3.63) is 12.2 Å². The Hall–Kier alpha value is -1.32. The van der Waals surface area contributed by atoms with Crippen LogP contribution in [0.2, 0.25) is 0 Å². The van der Waals surface area contributed by atoms with Crippen molar-refractivity contribution in [2.45, 2.75) is 57.5 Å². The van der Waals surface area contributed by atoms with E-state index in [1.165, 1.54) is 6.42 Å². The van der Waals surface area contributed by atoms with Crippen molar-refractivity contribution < 1.29 is 19.4 Å². The predicted octanol–water partition coefficient (Wildman–Crippen LogP) is 3.17. The molecule has 116 valence electrons. The summed E-state index contributed by atoms with van der Waals surface area (Å²) in [6.07, 6.45) is 10.4. The minimum Gasteiger partial charge on any atom is -0.481 e. The van der Waals surface area contributed by atoms with Gasteiger partial charge in [-0.15, -0.1) is 0 Å². The van der Waals surface area contributed by atoms with Crippen LogP contribution in [-0.2, 0) is 14.3 Å². The van der Waals surface area contributed by atoms with Gasteiger partial charge in [-0.3, -0.25) is 9.59 Å². The monoisotopic (exact) mass is 292 g/mol. The highest BCUT2D eigenvalue weighted by molar-refractivity contribution is 5.90. The van der Waals surface area contributed by atoms with Gasteiger partial charge in [-0.05, 0) is 49.9 Å². The Balaban J connectivity index is 1.82. The van der Waals surface area contributed by atoms with Gasteiger partial charge in [-0.2, -0.15) is 0 Å². The van der Waals surface area contributed by atoms with Gasteiger partial charge in [0, 0.05) is 5.92 Å². The van der Waals surface area contributed by atoms with E-state index in [0.717, 1.165) is 32.1 Å². The van der Waals surface area contributed by atoms with Gasteiger partial charge < -0.3 is 9.84 Å². The smallest absolute Gasteiger partial charge is 0.317 e. The molecule has 2 fully saturated rings. The molecule has 0 radical (unpaired) electrons. The van der Waals surface area contributed by atoms with E-state index in [9.17, 15) is 9.59 Å². The van der Waals surface area contributed by atoms with Crippen LogP contribution in [0.4, 0.5) is 0 Å². The first-order chi connectivity index (χ1) is 10.1. The molecule has 0 aromatic rings. The number of aliphatic carboxylic acids is 1. The number of rotatable bonds is 5. The van der Waals surface area contributed by atoms with Crippen molar-refractivity contribution in [3.8, 4) is 0 Å². The van der Waals surface area contributed by atoms with Crippen LogP contribution in [0, 0.1) is 23.7 Å². The number of allylic oxidation sites excluding steroid dienone is 2. The van der Waals surface area contributed by atoms with E-state index in [0.29, 0.717) is 23.7 Å². The van der Waals surface area contributed by atoms with Gasteiger partial charge in [0.05, 0.1) is 0 Å². The number of carboxylic acid groups (broad SMARTS) is 1. The Bertz CT molecular complexity index is 461. The van der Waals surface area contributed by atoms with Crippen LogP contribution in [0.25, 0.3) is 0 Å². The van der Waals surface area contributed by atoms with Crippen LogP contribution < -0.4 is 0 Å². The number of ether oxygens (including phenoxy) is 1. The standard InChI is InChI=1S/C17H24O4/c1-2-13-11-5-6-12(9-11)16(13)17(7-3-4-8-17)21-15(20)10-14(18)19/h5-6,11-13,16H,2-4,7-10H2,1H3,(H,18,19). The molecule has 0 heterocycles. The number of hydrogen-bond donors (Lipinski definition) is 1. The van der Waals surface area contributed by atoms with Crippen LogP contribution in [-0.4, -0.2) is 22.6 Å². The predicted molar refractivity (Wildman–Crippen MR) is 77.6 cm³/mol. The molecule has 4 unspecified atom stereocenters. The van der Waals surface area contributed by atoms with E-state index >= 15 is 0 Å². The second-order valence-electron chi connectivity index (χ2n) is 6.86. The number of fused-ring (bicyclic) bond motifs is 2. The molecule has 0 amide bonds. The fraction of sp³-hybridized carbons (Fsp3) is 0.765. The molecule has 4 heteroatoms. The summed E-state index contributed by atoms with van der Waals surface area (Å²) >= 11 is 0. The van der Waals surface area contributed by atoms with Gasteiger partial charge in [0.2, 0.25) is 0 Å². The molecule has 2 bridgehead atoms. The maximum absolute atomic E-state index is 12.0. The molecule has 0 aromatic carbocycles. The summed E-state index contributed by atoms with van der Waals surface area (Å²) in [6, 6.07) is 0. The Morgan fingerprint density at radius 3 is 2.52 bits per heavy atom. The Morgan fingerprint density at radius 2 is 1.90 bits per heavy atom. The van der Waals surface area contributed by atoms with E-state index in [1.54, 1.807) is 0 Å². The maximum atomic E-state index is 12.0. The number of hydrogen-bond acceptors (Lipinski definition) is 3. The summed E-state index contributed by atoms with van der Waals surface area (Å²) in [5, 5.41) is 8.80. The van der Waals surface area contributed by atoms with Crippen molar-refractivity contribution in [1.82, 2.24) is 0 Å². The molecule has 4 atom stereocenters. The average molecular weight is 292 g/mol. The van der Waals surface area contributed by atoms with E-state index < -0.39 is 24.0 Å². The van der Waals surface area contributed by atoms with Gasteiger partial charge in [-0.25, -0.2) is 0 Å². The number of carbonyl (C=O) groups excluding carboxylic acids is 1. The van der Waals surface area contributed by atoms with E-state index in [-0.39, 0.29) is 0 Å². The lowest BCUT2D eigenvalue weighted by atomic mass is 9.70. The van der Waals surface area contributed by atoms with Crippen molar-refractivity contribution in [3.63, 3.8) is 0 Å². The SMILES string of the molecule is CCC1C2C=CC(C2)C1C1(OC(=O)CC(=O)O)CCCC1. The van der Waals surface area contributed by atoms with Crippen LogP contribution in [0.1, 0.15) is 51.9 Å². The third-order valence-electron chi connectivity index (χ3n) is 5.76.